The summed E-state index contributed by atoms with van der Waals surface area (Å²) in [5.74, 6) is 0. The average Bonchev–Trinajstić information content (AvgIpc) is 2.96. The fourth-order valence-electron chi connectivity index (χ4n) is 4.12. The first-order valence-corrected chi connectivity index (χ1v) is 12.8. The van der Waals surface area contributed by atoms with Gasteiger partial charge in [-0.15, -0.1) is 0 Å². The normalized spacial score (nSPS) is 8.69. The molecule has 4 aromatic rings. The van der Waals surface area contributed by atoms with E-state index in [1.165, 1.54) is 21.9 Å². The van der Waals surface area contributed by atoms with Crippen LogP contribution in [-0.2, 0) is 0 Å². The number of benzene rings is 4. The van der Waals surface area contributed by atoms with Crippen molar-refractivity contribution >= 4 is 28.0 Å². The van der Waals surface area contributed by atoms with Crippen LogP contribution in [0.25, 0.3) is 0 Å². The molecule has 0 spiro atoms. The SMILES string of the molecule is C.C.CC.CC.CC.CC.c1ccc([B-](c2ccccc2)(c2ccccc2)c2ccccc2)cc1. The standard InChI is InChI=1S/C24H20B.4C2H6.2CH4/c1-5-13-21(14-6-1)25(22-15-7-2-8-16-22,23-17-9-3-10-18-23)24-19-11-4-12-20-24;4*1-2;;/h1-20H;4*1-2H3;2*1H4/q-1;;;;;;. The summed E-state index contributed by atoms with van der Waals surface area (Å²) in [6.45, 7) is 16.0. The van der Waals surface area contributed by atoms with Crippen molar-refractivity contribution in [2.45, 2.75) is 70.2 Å². The Hall–Kier alpha value is -3.06. The Morgan fingerprint density at radius 3 is 0.571 bits per heavy atom. The zero-order valence-corrected chi connectivity index (χ0v) is 22.1. The monoisotopic (exact) mass is 471 g/mol. The topological polar surface area (TPSA) is 0 Å². The minimum absolute atomic E-state index is 0. The molecule has 0 heterocycles. The maximum atomic E-state index is 2.26. The van der Waals surface area contributed by atoms with Crippen LogP contribution in [0.15, 0.2) is 121 Å². The van der Waals surface area contributed by atoms with Gasteiger partial charge < -0.3 is 0 Å². The highest BCUT2D eigenvalue weighted by Crippen LogP contribution is 2.09. The Bertz CT molecular complexity index is 754. The Labute approximate surface area is 219 Å². The van der Waals surface area contributed by atoms with E-state index in [9.17, 15) is 0 Å². The molecule has 0 aliphatic carbocycles. The zero-order chi connectivity index (χ0) is 25.0. The molecule has 0 aliphatic rings. The summed E-state index contributed by atoms with van der Waals surface area (Å²) in [5, 5.41) is 0. The van der Waals surface area contributed by atoms with Gasteiger partial charge in [-0.3, -0.25) is 0 Å². The molecule has 0 atom stereocenters. The molecule has 0 aliphatic heterocycles. The summed E-state index contributed by atoms with van der Waals surface area (Å²) in [6.07, 6.45) is -1.22. The van der Waals surface area contributed by atoms with E-state index in [0.717, 1.165) is 0 Å². The first kappa shape index (κ1) is 36.5. The van der Waals surface area contributed by atoms with Crippen LogP contribution in [0.1, 0.15) is 70.2 Å². The van der Waals surface area contributed by atoms with Crippen molar-refractivity contribution in [2.24, 2.45) is 0 Å². The van der Waals surface area contributed by atoms with Crippen LogP contribution >= 0.6 is 0 Å². The third-order valence-corrected chi connectivity index (χ3v) is 5.20. The molecular formula is C34H52B-. The van der Waals surface area contributed by atoms with E-state index < -0.39 is 6.15 Å². The summed E-state index contributed by atoms with van der Waals surface area (Å²) < 4.78 is 0. The van der Waals surface area contributed by atoms with Gasteiger partial charge in [0.25, 0.3) is 0 Å². The van der Waals surface area contributed by atoms with Crippen LogP contribution in [-0.4, -0.2) is 6.15 Å². The molecule has 0 fully saturated rings. The van der Waals surface area contributed by atoms with E-state index in [0.29, 0.717) is 0 Å². The van der Waals surface area contributed by atoms with Crippen LogP contribution < -0.4 is 21.9 Å². The molecule has 4 aromatic carbocycles. The maximum absolute atomic E-state index is 2.26. The van der Waals surface area contributed by atoms with Gasteiger partial charge in [0.05, 0.1) is 0 Å². The van der Waals surface area contributed by atoms with Gasteiger partial charge in [-0.1, -0.05) is 192 Å². The van der Waals surface area contributed by atoms with Gasteiger partial charge in [0.2, 0.25) is 0 Å². The Morgan fingerprint density at radius 1 is 0.286 bits per heavy atom. The minimum atomic E-state index is -1.22. The molecule has 4 rings (SSSR count). The molecule has 0 saturated heterocycles. The van der Waals surface area contributed by atoms with Crippen molar-refractivity contribution < 1.29 is 0 Å². The van der Waals surface area contributed by atoms with Crippen molar-refractivity contribution in [3.63, 3.8) is 0 Å². The predicted molar refractivity (Wildman–Crippen MR) is 169 cm³/mol. The van der Waals surface area contributed by atoms with Crippen molar-refractivity contribution in [3.05, 3.63) is 121 Å². The largest absolute Gasteiger partial charge is 0.195 e. The van der Waals surface area contributed by atoms with E-state index in [1.54, 1.807) is 0 Å². The molecule has 192 valence electrons. The molecule has 0 amide bonds. The smallest absolute Gasteiger partial charge is 0.108 e. The van der Waals surface area contributed by atoms with Gasteiger partial charge >= 0.3 is 0 Å². The van der Waals surface area contributed by atoms with Crippen molar-refractivity contribution in [2.75, 3.05) is 0 Å². The molecule has 1 heteroatoms. The zero-order valence-electron chi connectivity index (χ0n) is 22.1. The second kappa shape index (κ2) is 22.7. The molecular weight excluding hydrogens is 419 g/mol. The summed E-state index contributed by atoms with van der Waals surface area (Å²) in [6, 6.07) is 43.5. The highest BCUT2D eigenvalue weighted by atomic mass is 14.1. The van der Waals surface area contributed by atoms with E-state index >= 15 is 0 Å². The lowest BCUT2D eigenvalue weighted by Crippen LogP contribution is -2.74. The fourth-order valence-corrected chi connectivity index (χ4v) is 4.12. The van der Waals surface area contributed by atoms with Crippen LogP contribution in [0.3, 0.4) is 0 Å². The number of hydrogen-bond acceptors (Lipinski definition) is 0. The fraction of sp³-hybridized carbons (Fsp3) is 0.294. The lowest BCUT2D eigenvalue weighted by Gasteiger charge is -2.44. The molecule has 0 bridgehead atoms. The van der Waals surface area contributed by atoms with E-state index in [2.05, 4.69) is 121 Å². The van der Waals surface area contributed by atoms with E-state index in [4.69, 9.17) is 0 Å². The summed E-state index contributed by atoms with van der Waals surface area (Å²) in [4.78, 5) is 0. The van der Waals surface area contributed by atoms with Gasteiger partial charge in [0.15, 0.2) is 0 Å². The molecule has 0 nitrogen and oxygen atoms in total. The summed E-state index contributed by atoms with van der Waals surface area (Å²) in [7, 11) is 0. The lowest BCUT2D eigenvalue weighted by atomic mass is 9.13. The molecule has 35 heavy (non-hydrogen) atoms. The molecule has 0 N–H and O–H groups in total. The van der Waals surface area contributed by atoms with Crippen LogP contribution in [0.5, 0.6) is 0 Å². The second-order valence-electron chi connectivity index (χ2n) is 6.51. The van der Waals surface area contributed by atoms with Crippen molar-refractivity contribution in [1.29, 1.82) is 0 Å². The molecule has 0 aromatic heterocycles. The first-order valence-electron chi connectivity index (χ1n) is 12.8. The summed E-state index contributed by atoms with van der Waals surface area (Å²) in [5.41, 5.74) is 5.36. The van der Waals surface area contributed by atoms with Crippen molar-refractivity contribution in [1.82, 2.24) is 0 Å². The Balaban J connectivity index is -0.000000935. The predicted octanol–water partition coefficient (Wildman–Crippen LogP) is 8.44. The number of rotatable bonds is 4. The molecule has 0 radical (unpaired) electrons. The van der Waals surface area contributed by atoms with Gasteiger partial charge in [-0.25, -0.2) is 0 Å². The first-order chi connectivity index (χ1) is 16.4. The number of hydrogen-bond donors (Lipinski definition) is 0. The molecule has 0 unspecified atom stereocenters. The maximum Gasteiger partial charge on any atom is 0.108 e. The quantitative estimate of drug-likeness (QED) is 0.262. The van der Waals surface area contributed by atoms with Crippen molar-refractivity contribution in [3.8, 4) is 0 Å². The minimum Gasteiger partial charge on any atom is -0.195 e. The van der Waals surface area contributed by atoms with Gasteiger partial charge in [0, 0.05) is 0 Å². The van der Waals surface area contributed by atoms with Gasteiger partial charge in [-0.2, -0.15) is 21.9 Å². The summed E-state index contributed by atoms with van der Waals surface area (Å²) >= 11 is 0. The van der Waals surface area contributed by atoms with Crippen LogP contribution in [0.2, 0.25) is 0 Å². The van der Waals surface area contributed by atoms with E-state index in [1.807, 2.05) is 55.4 Å². The second-order valence-corrected chi connectivity index (χ2v) is 6.51. The van der Waals surface area contributed by atoms with Crippen LogP contribution in [0, 0.1) is 0 Å². The third-order valence-electron chi connectivity index (χ3n) is 5.20. The van der Waals surface area contributed by atoms with Gasteiger partial charge in [-0.05, 0) is 0 Å². The lowest BCUT2D eigenvalue weighted by molar-refractivity contribution is 1.50. The highest BCUT2D eigenvalue weighted by molar-refractivity contribution is 7.19. The Morgan fingerprint density at radius 2 is 0.429 bits per heavy atom. The highest BCUT2D eigenvalue weighted by Gasteiger charge is 2.30. The van der Waals surface area contributed by atoms with Gasteiger partial charge in [0.1, 0.15) is 6.15 Å². The Kier molecular flexibility index (Phi) is 23.7. The van der Waals surface area contributed by atoms with Crippen LogP contribution in [0.4, 0.5) is 0 Å². The average molecular weight is 472 g/mol. The molecule has 0 saturated carbocycles. The van der Waals surface area contributed by atoms with E-state index in [-0.39, 0.29) is 14.9 Å². The third kappa shape index (κ3) is 9.25.